The third-order valence-corrected chi connectivity index (χ3v) is 7.32. The summed E-state index contributed by atoms with van der Waals surface area (Å²) < 4.78 is 32.1. The molecule has 0 aromatic heterocycles. The van der Waals surface area contributed by atoms with Gasteiger partial charge in [-0.05, 0) is 35.9 Å². The number of benzene rings is 3. The van der Waals surface area contributed by atoms with Crippen molar-refractivity contribution in [3.63, 3.8) is 0 Å². The minimum atomic E-state index is -3.56. The summed E-state index contributed by atoms with van der Waals surface area (Å²) in [6, 6.07) is 23.9. The minimum Gasteiger partial charge on any atom is -0.444 e. The van der Waals surface area contributed by atoms with Crippen molar-refractivity contribution in [2.45, 2.75) is 24.8 Å². The molecule has 0 radical (unpaired) electrons. The Kier molecular flexibility index (Phi) is 8.94. The quantitative estimate of drug-likeness (QED) is 0.328. The molecule has 3 aromatic carbocycles. The molecular formula is C27H28N2O5S. The predicted molar refractivity (Wildman–Crippen MR) is 136 cm³/mol. The average Bonchev–Trinajstić information content (AvgIpc) is 2.88. The molecule has 0 aliphatic rings. The highest BCUT2D eigenvalue weighted by molar-refractivity contribution is 7.89. The predicted octanol–water partition coefficient (Wildman–Crippen LogP) is 4.65. The maximum absolute atomic E-state index is 12.9. The molecule has 0 heterocycles. The lowest BCUT2D eigenvalue weighted by molar-refractivity contribution is -0.149. The molecule has 0 aliphatic carbocycles. The van der Waals surface area contributed by atoms with Gasteiger partial charge in [0.15, 0.2) is 0 Å². The van der Waals surface area contributed by atoms with Gasteiger partial charge in [-0.3, -0.25) is 4.79 Å². The van der Waals surface area contributed by atoms with E-state index in [4.69, 9.17) is 4.74 Å². The summed E-state index contributed by atoms with van der Waals surface area (Å²) in [7, 11) is -3.56. The van der Waals surface area contributed by atoms with E-state index in [2.05, 4.69) is 5.32 Å². The fourth-order valence-corrected chi connectivity index (χ4v) is 4.87. The lowest BCUT2D eigenvalue weighted by Gasteiger charge is -2.18. The molecule has 3 aromatic rings. The summed E-state index contributed by atoms with van der Waals surface area (Å²) in [4.78, 5) is 25.6. The molecule has 35 heavy (non-hydrogen) atoms. The van der Waals surface area contributed by atoms with Crippen LogP contribution in [0.25, 0.3) is 6.08 Å². The van der Waals surface area contributed by atoms with Gasteiger partial charge >= 0.3 is 5.97 Å². The first-order valence-corrected chi connectivity index (χ1v) is 12.7. The first-order valence-electron chi connectivity index (χ1n) is 11.2. The highest BCUT2D eigenvalue weighted by Crippen LogP contribution is 2.21. The number of hydrogen-bond acceptors (Lipinski definition) is 5. The third-order valence-electron chi connectivity index (χ3n) is 5.25. The van der Waals surface area contributed by atoms with E-state index < -0.39 is 28.0 Å². The number of ether oxygens (including phenoxy) is 1. The van der Waals surface area contributed by atoms with Crippen molar-refractivity contribution in [3.8, 4) is 0 Å². The van der Waals surface area contributed by atoms with Crippen LogP contribution in [0, 0.1) is 0 Å². The number of carbonyl (C=O) groups is 2. The van der Waals surface area contributed by atoms with E-state index in [1.807, 2.05) is 12.1 Å². The number of rotatable bonds is 10. The van der Waals surface area contributed by atoms with Crippen LogP contribution in [0.4, 0.5) is 5.69 Å². The Hall–Kier alpha value is -3.75. The summed E-state index contributed by atoms with van der Waals surface area (Å²) in [6.45, 7) is 4.33. The van der Waals surface area contributed by atoms with Crippen LogP contribution in [0.5, 0.6) is 0 Å². The molecule has 0 saturated carbocycles. The van der Waals surface area contributed by atoms with Gasteiger partial charge in [0.2, 0.25) is 16.1 Å². The second-order valence-corrected chi connectivity index (χ2v) is 9.51. The molecule has 7 nitrogen and oxygen atoms in total. The van der Waals surface area contributed by atoms with Crippen molar-refractivity contribution in [3.05, 3.63) is 102 Å². The van der Waals surface area contributed by atoms with E-state index in [-0.39, 0.29) is 4.90 Å². The zero-order valence-electron chi connectivity index (χ0n) is 19.6. The topological polar surface area (TPSA) is 92.8 Å². The van der Waals surface area contributed by atoms with Crippen LogP contribution in [0.15, 0.2) is 95.9 Å². The van der Waals surface area contributed by atoms with Crippen molar-refractivity contribution in [2.24, 2.45) is 0 Å². The van der Waals surface area contributed by atoms with E-state index in [1.165, 1.54) is 28.6 Å². The molecular weight excluding hydrogens is 464 g/mol. The van der Waals surface area contributed by atoms with Gasteiger partial charge in [0.05, 0.1) is 4.90 Å². The van der Waals surface area contributed by atoms with Crippen molar-refractivity contribution in [1.29, 1.82) is 0 Å². The SMILES string of the molecule is CCN(CC)S(=O)(=O)c1ccc(/C=C/C(=O)OC(C(=O)Nc2ccccc2)c2ccccc2)cc1. The molecule has 1 unspecified atom stereocenters. The van der Waals surface area contributed by atoms with Crippen LogP contribution in [-0.2, 0) is 24.3 Å². The summed E-state index contributed by atoms with van der Waals surface area (Å²) in [5.41, 5.74) is 1.74. The van der Waals surface area contributed by atoms with Crippen molar-refractivity contribution >= 4 is 33.7 Å². The molecule has 3 rings (SSSR count). The number of para-hydroxylation sites is 1. The Morgan fingerprint density at radius 3 is 2.03 bits per heavy atom. The van der Waals surface area contributed by atoms with Crippen LogP contribution in [0.1, 0.15) is 31.1 Å². The lowest BCUT2D eigenvalue weighted by atomic mass is 10.1. The van der Waals surface area contributed by atoms with Crippen LogP contribution >= 0.6 is 0 Å². The minimum absolute atomic E-state index is 0.183. The Morgan fingerprint density at radius 1 is 0.886 bits per heavy atom. The zero-order chi connectivity index (χ0) is 25.3. The van der Waals surface area contributed by atoms with E-state index in [0.717, 1.165) is 0 Å². The highest BCUT2D eigenvalue weighted by atomic mass is 32.2. The zero-order valence-corrected chi connectivity index (χ0v) is 20.4. The molecule has 1 atom stereocenters. The molecule has 0 saturated heterocycles. The fourth-order valence-electron chi connectivity index (χ4n) is 3.41. The number of carbonyl (C=O) groups excluding carboxylic acids is 2. The Labute approximate surface area is 206 Å². The monoisotopic (exact) mass is 492 g/mol. The third kappa shape index (κ3) is 6.88. The fraction of sp³-hybridized carbons (Fsp3) is 0.185. The Morgan fingerprint density at radius 2 is 1.46 bits per heavy atom. The largest absolute Gasteiger partial charge is 0.444 e. The van der Waals surface area contributed by atoms with Crippen molar-refractivity contribution < 1.29 is 22.7 Å². The molecule has 1 N–H and O–H groups in total. The molecule has 0 fully saturated rings. The normalized spacial score (nSPS) is 12.4. The molecule has 182 valence electrons. The van der Waals surface area contributed by atoms with Gasteiger partial charge in [0.25, 0.3) is 5.91 Å². The lowest BCUT2D eigenvalue weighted by Crippen LogP contribution is -2.30. The number of sulfonamides is 1. The Bertz CT molecular complexity index is 1250. The number of esters is 1. The standard InChI is InChI=1S/C27H28N2O5S/c1-3-29(4-2)35(32,33)24-18-15-21(16-19-24)17-20-25(30)34-26(22-11-7-5-8-12-22)27(31)28-23-13-9-6-10-14-23/h5-20,26H,3-4H2,1-2H3,(H,28,31)/b20-17+. The Balaban J connectivity index is 1.72. The smallest absolute Gasteiger partial charge is 0.331 e. The van der Waals surface area contributed by atoms with Crippen molar-refractivity contribution in [2.75, 3.05) is 18.4 Å². The van der Waals surface area contributed by atoms with E-state index >= 15 is 0 Å². The van der Waals surface area contributed by atoms with Crippen molar-refractivity contribution in [1.82, 2.24) is 4.31 Å². The number of nitrogens with zero attached hydrogens (tertiary/aromatic N) is 1. The van der Waals surface area contributed by atoms with Gasteiger partial charge in [0, 0.05) is 30.4 Å². The maximum atomic E-state index is 12.9. The number of anilines is 1. The van der Waals surface area contributed by atoms with Crippen LogP contribution in [0.2, 0.25) is 0 Å². The van der Waals surface area contributed by atoms with Gasteiger partial charge in [-0.1, -0.05) is 74.5 Å². The summed E-state index contributed by atoms with van der Waals surface area (Å²) >= 11 is 0. The summed E-state index contributed by atoms with van der Waals surface area (Å²) in [5, 5.41) is 2.76. The van der Waals surface area contributed by atoms with E-state index in [1.54, 1.807) is 74.5 Å². The molecule has 1 amide bonds. The number of hydrogen-bond donors (Lipinski definition) is 1. The second kappa shape index (κ2) is 12.1. The number of amides is 1. The van der Waals surface area contributed by atoms with Gasteiger partial charge < -0.3 is 10.1 Å². The van der Waals surface area contributed by atoms with Crippen LogP contribution in [-0.4, -0.2) is 37.7 Å². The number of nitrogens with one attached hydrogen (secondary N) is 1. The molecule has 0 aliphatic heterocycles. The first-order chi connectivity index (χ1) is 16.8. The average molecular weight is 493 g/mol. The summed E-state index contributed by atoms with van der Waals surface area (Å²) in [5.74, 6) is -1.18. The highest BCUT2D eigenvalue weighted by Gasteiger charge is 2.24. The van der Waals surface area contributed by atoms with Gasteiger partial charge in [0.1, 0.15) is 0 Å². The maximum Gasteiger partial charge on any atom is 0.331 e. The van der Waals surface area contributed by atoms with E-state index in [9.17, 15) is 18.0 Å². The molecule has 0 bridgehead atoms. The first kappa shape index (κ1) is 25.9. The van der Waals surface area contributed by atoms with Gasteiger partial charge in [-0.25, -0.2) is 13.2 Å². The summed E-state index contributed by atoms with van der Waals surface area (Å²) in [6.07, 6.45) is 1.57. The van der Waals surface area contributed by atoms with Crippen LogP contribution in [0.3, 0.4) is 0 Å². The molecule has 0 spiro atoms. The van der Waals surface area contributed by atoms with Gasteiger partial charge in [-0.2, -0.15) is 4.31 Å². The van der Waals surface area contributed by atoms with Gasteiger partial charge in [-0.15, -0.1) is 0 Å². The van der Waals surface area contributed by atoms with E-state index in [0.29, 0.717) is 29.9 Å². The molecule has 8 heteroatoms. The second-order valence-electron chi connectivity index (χ2n) is 7.57. The van der Waals surface area contributed by atoms with Crippen LogP contribution < -0.4 is 5.32 Å².